The maximum Gasteiger partial charge on any atom is 0.267 e. The van der Waals surface area contributed by atoms with Gasteiger partial charge in [-0.05, 0) is 24.3 Å². The van der Waals surface area contributed by atoms with Gasteiger partial charge in [0.2, 0.25) is 11.8 Å². The lowest BCUT2D eigenvalue weighted by Crippen LogP contribution is -2.33. The average Bonchev–Trinajstić information content (AvgIpc) is 3.31. The summed E-state index contributed by atoms with van der Waals surface area (Å²) in [5, 5.41) is 5.40. The minimum atomic E-state index is -0.450. The van der Waals surface area contributed by atoms with E-state index in [-0.39, 0.29) is 56.2 Å². The minimum absolute atomic E-state index is 0.0155. The van der Waals surface area contributed by atoms with Gasteiger partial charge in [0.15, 0.2) is 0 Å². The number of thiocarbonyl (C=S) groups is 2. The molecule has 10 nitrogen and oxygen atoms in total. The molecule has 0 saturated carbocycles. The van der Waals surface area contributed by atoms with Gasteiger partial charge in [-0.3, -0.25) is 38.9 Å². The van der Waals surface area contributed by atoms with Gasteiger partial charge in [-0.15, -0.1) is 0 Å². The summed E-state index contributed by atoms with van der Waals surface area (Å²) < 4.78 is 0.510. The number of hydrogen-bond donors (Lipinski definition) is 2. The molecule has 4 heterocycles. The first-order valence-electron chi connectivity index (χ1n) is 10.5. The molecule has 4 amide bonds. The molecule has 36 heavy (non-hydrogen) atoms. The number of anilines is 2. The highest BCUT2D eigenvalue weighted by Gasteiger charge is 2.42. The first-order chi connectivity index (χ1) is 17.3. The van der Waals surface area contributed by atoms with Gasteiger partial charge in [-0.2, -0.15) is 0 Å². The molecule has 14 heteroatoms. The summed E-state index contributed by atoms with van der Waals surface area (Å²) in [6.45, 7) is 0.129. The number of hydrogen-bond acceptors (Lipinski definition) is 10. The summed E-state index contributed by atoms with van der Waals surface area (Å²) in [6, 6.07) is 6.80. The second kappa shape index (κ2) is 11.7. The Hall–Kier alpha value is -3.20. The molecule has 0 aliphatic carbocycles. The monoisotopic (exact) mass is 558 g/mol. The number of nitrogens with zero attached hydrogens (tertiary/aromatic N) is 4. The van der Waals surface area contributed by atoms with E-state index in [1.807, 2.05) is 0 Å². The van der Waals surface area contributed by atoms with Crippen molar-refractivity contribution >= 4 is 91.6 Å². The van der Waals surface area contributed by atoms with Crippen LogP contribution in [0.1, 0.15) is 12.8 Å². The Morgan fingerprint density at radius 1 is 0.778 bits per heavy atom. The Morgan fingerprint density at radius 2 is 1.19 bits per heavy atom. The van der Waals surface area contributed by atoms with Crippen molar-refractivity contribution in [3.05, 3.63) is 58.9 Å². The number of rotatable bonds is 8. The minimum Gasteiger partial charge on any atom is -0.325 e. The number of pyridine rings is 2. The van der Waals surface area contributed by atoms with Gasteiger partial charge >= 0.3 is 0 Å². The van der Waals surface area contributed by atoms with Crippen molar-refractivity contribution in [3.63, 3.8) is 0 Å². The molecule has 0 aromatic carbocycles. The molecule has 2 saturated heterocycles. The van der Waals surface area contributed by atoms with Gasteiger partial charge < -0.3 is 10.6 Å². The topological polar surface area (TPSA) is 125 Å². The molecular formula is C22H18N6O4S4. The summed E-state index contributed by atoms with van der Waals surface area (Å²) >= 11 is 12.6. The highest BCUT2D eigenvalue weighted by atomic mass is 32.2. The van der Waals surface area contributed by atoms with Crippen LogP contribution in [0.5, 0.6) is 0 Å². The number of amides is 4. The van der Waals surface area contributed by atoms with Crippen molar-refractivity contribution in [1.82, 2.24) is 19.8 Å². The van der Waals surface area contributed by atoms with Crippen molar-refractivity contribution in [2.75, 3.05) is 23.7 Å². The molecule has 4 rings (SSSR count). The van der Waals surface area contributed by atoms with Crippen molar-refractivity contribution in [2.24, 2.45) is 0 Å². The SMILES string of the molecule is O=C(CCN1C(=O)C(=C2SC(=S)N(CCC(=O)Nc3cccnc3)C2=O)SC1=S)Nc1cccnc1. The fourth-order valence-electron chi connectivity index (χ4n) is 3.20. The molecule has 2 aliphatic heterocycles. The molecule has 2 fully saturated rings. The predicted molar refractivity (Wildman–Crippen MR) is 146 cm³/mol. The molecule has 0 spiro atoms. The maximum absolute atomic E-state index is 13.0. The molecule has 2 N–H and O–H groups in total. The van der Waals surface area contributed by atoms with Crippen LogP contribution in [0.15, 0.2) is 58.9 Å². The van der Waals surface area contributed by atoms with Gasteiger partial charge in [0.1, 0.15) is 8.64 Å². The smallest absolute Gasteiger partial charge is 0.267 e. The van der Waals surface area contributed by atoms with Crippen LogP contribution in [0.4, 0.5) is 11.4 Å². The number of carbonyl (C=O) groups is 4. The van der Waals surface area contributed by atoms with Gasteiger partial charge in [0, 0.05) is 38.3 Å². The molecule has 184 valence electrons. The van der Waals surface area contributed by atoms with Crippen molar-refractivity contribution < 1.29 is 19.2 Å². The van der Waals surface area contributed by atoms with E-state index in [4.69, 9.17) is 24.4 Å². The normalized spacial score (nSPS) is 17.7. The van der Waals surface area contributed by atoms with Crippen molar-refractivity contribution in [3.8, 4) is 0 Å². The summed E-state index contributed by atoms with van der Waals surface area (Å²) in [5.41, 5.74) is 1.09. The second-order valence-corrected chi connectivity index (χ2v) is 10.7. The summed E-state index contributed by atoms with van der Waals surface area (Å²) in [6.07, 6.45) is 6.25. The molecule has 2 aromatic rings. The van der Waals surface area contributed by atoms with Crippen LogP contribution in [0, 0.1) is 0 Å². The van der Waals surface area contributed by atoms with Crippen LogP contribution in [-0.4, -0.2) is 65.1 Å². The largest absolute Gasteiger partial charge is 0.325 e. The van der Waals surface area contributed by atoms with E-state index in [9.17, 15) is 19.2 Å². The quantitative estimate of drug-likeness (QED) is 0.369. The molecule has 0 atom stereocenters. The van der Waals surface area contributed by atoms with E-state index in [2.05, 4.69) is 20.6 Å². The lowest BCUT2D eigenvalue weighted by molar-refractivity contribution is -0.125. The van der Waals surface area contributed by atoms with Crippen molar-refractivity contribution in [2.45, 2.75) is 12.8 Å². The molecule has 2 aromatic heterocycles. The maximum atomic E-state index is 13.0. The summed E-state index contributed by atoms with van der Waals surface area (Å²) in [5.74, 6) is -1.50. The van der Waals surface area contributed by atoms with E-state index >= 15 is 0 Å². The first kappa shape index (κ1) is 25.9. The Bertz CT molecular complexity index is 1170. The van der Waals surface area contributed by atoms with Crippen LogP contribution < -0.4 is 10.6 Å². The third-order valence-corrected chi connectivity index (χ3v) is 7.95. The number of nitrogens with one attached hydrogen (secondary N) is 2. The molecular weight excluding hydrogens is 541 g/mol. The number of carbonyl (C=O) groups excluding carboxylic acids is 4. The highest BCUT2D eigenvalue weighted by Crippen LogP contribution is 2.42. The third-order valence-electron chi connectivity index (χ3n) is 4.92. The van der Waals surface area contributed by atoms with E-state index < -0.39 is 11.8 Å². The lowest BCUT2D eigenvalue weighted by atomic mass is 10.3. The average molecular weight is 559 g/mol. The second-order valence-electron chi connectivity index (χ2n) is 7.39. The zero-order valence-corrected chi connectivity index (χ0v) is 21.8. The van der Waals surface area contributed by atoms with Gasteiger partial charge in [-0.25, -0.2) is 0 Å². The van der Waals surface area contributed by atoms with Crippen LogP contribution in [0.3, 0.4) is 0 Å². The molecule has 0 unspecified atom stereocenters. The van der Waals surface area contributed by atoms with Gasteiger partial charge in [0.05, 0.1) is 33.6 Å². The molecule has 2 aliphatic rings. The van der Waals surface area contributed by atoms with Crippen LogP contribution in [-0.2, 0) is 19.2 Å². The third kappa shape index (κ3) is 6.13. The van der Waals surface area contributed by atoms with Crippen LogP contribution in [0.25, 0.3) is 0 Å². The van der Waals surface area contributed by atoms with Crippen LogP contribution >= 0.6 is 48.0 Å². The number of thioether (sulfide) groups is 2. The Balaban J connectivity index is 1.35. The van der Waals surface area contributed by atoms with E-state index in [0.29, 0.717) is 11.4 Å². The fourth-order valence-corrected chi connectivity index (χ4v) is 5.97. The summed E-state index contributed by atoms with van der Waals surface area (Å²) in [7, 11) is 0. The zero-order valence-electron chi connectivity index (χ0n) is 18.5. The van der Waals surface area contributed by atoms with E-state index in [1.165, 1.54) is 22.2 Å². The van der Waals surface area contributed by atoms with Crippen molar-refractivity contribution in [1.29, 1.82) is 0 Å². The Kier molecular flexibility index (Phi) is 8.40. The molecule has 0 bridgehead atoms. The Labute approximate surface area is 225 Å². The fraction of sp³-hybridized carbons (Fsp3) is 0.182. The predicted octanol–water partition coefficient (Wildman–Crippen LogP) is 2.77. The Morgan fingerprint density at radius 3 is 1.56 bits per heavy atom. The first-order valence-corrected chi connectivity index (χ1v) is 13.0. The molecule has 0 radical (unpaired) electrons. The number of aromatic nitrogens is 2. The standard InChI is InChI=1S/C22H18N6O4S4/c29-15(25-13-3-1-7-23-11-13)5-9-27-19(31)17(35-21(27)33)18-20(32)28(22(34)36-18)10-6-16(30)26-14-4-2-8-24-12-14/h1-4,7-8,11-12H,5-6,9-10H2,(H,25,29)(H,26,30). The lowest BCUT2D eigenvalue weighted by Gasteiger charge is -2.14. The van der Waals surface area contributed by atoms with Crippen LogP contribution in [0.2, 0.25) is 0 Å². The summed E-state index contributed by atoms with van der Waals surface area (Å²) in [4.78, 5) is 61.3. The van der Waals surface area contributed by atoms with E-state index in [0.717, 1.165) is 23.5 Å². The van der Waals surface area contributed by atoms with Gasteiger partial charge in [-0.1, -0.05) is 48.0 Å². The zero-order chi connectivity index (χ0) is 25.7. The van der Waals surface area contributed by atoms with E-state index in [1.54, 1.807) is 36.7 Å². The highest BCUT2D eigenvalue weighted by molar-refractivity contribution is 8.29. The van der Waals surface area contributed by atoms with Gasteiger partial charge in [0.25, 0.3) is 11.8 Å².